The number of amides is 1. The molecule has 1 aliphatic rings. The van der Waals surface area contributed by atoms with Gasteiger partial charge in [-0.05, 0) is 18.8 Å². The Bertz CT molecular complexity index is 445. The zero-order chi connectivity index (χ0) is 14.6. The molecular weight excluding hydrogens is 270 g/mol. The zero-order valence-corrected chi connectivity index (χ0v) is 12.1. The van der Waals surface area contributed by atoms with Crippen LogP contribution in [0.3, 0.4) is 0 Å². The van der Waals surface area contributed by atoms with E-state index in [9.17, 15) is 18.0 Å². The highest BCUT2D eigenvalue weighted by atomic mass is 32.2. The maximum atomic E-state index is 11.9. The molecule has 2 N–H and O–H groups in total. The Morgan fingerprint density at radius 1 is 1.26 bits per heavy atom. The van der Waals surface area contributed by atoms with Gasteiger partial charge in [0.15, 0.2) is 0 Å². The SMILES string of the molecule is CCC1C[C@H](C(=O)NCCS(C)(=O)=O)[C@H](C(=O)O)C1. The van der Waals surface area contributed by atoms with E-state index in [0.29, 0.717) is 12.8 Å². The van der Waals surface area contributed by atoms with Crippen LogP contribution in [0.4, 0.5) is 0 Å². The largest absolute Gasteiger partial charge is 0.481 e. The predicted octanol–water partition coefficient (Wildman–Crippen LogP) is 0.284. The summed E-state index contributed by atoms with van der Waals surface area (Å²) in [6, 6.07) is 0. The number of nitrogens with one attached hydrogen (secondary N) is 1. The second-order valence-corrected chi connectivity index (χ2v) is 7.48. The molecule has 0 aromatic carbocycles. The van der Waals surface area contributed by atoms with Crippen LogP contribution in [0.2, 0.25) is 0 Å². The number of hydrogen-bond donors (Lipinski definition) is 2. The average Bonchev–Trinajstić information content (AvgIpc) is 2.71. The van der Waals surface area contributed by atoms with Crippen molar-refractivity contribution in [2.75, 3.05) is 18.6 Å². The van der Waals surface area contributed by atoms with Crippen molar-refractivity contribution in [3.63, 3.8) is 0 Å². The van der Waals surface area contributed by atoms with E-state index >= 15 is 0 Å². The molecule has 19 heavy (non-hydrogen) atoms. The summed E-state index contributed by atoms with van der Waals surface area (Å²) in [6.45, 7) is 2.02. The van der Waals surface area contributed by atoms with Crippen LogP contribution in [0.15, 0.2) is 0 Å². The molecule has 0 radical (unpaired) electrons. The number of sulfone groups is 1. The van der Waals surface area contributed by atoms with E-state index in [1.54, 1.807) is 0 Å². The van der Waals surface area contributed by atoms with Gasteiger partial charge in [-0.2, -0.15) is 0 Å². The summed E-state index contributed by atoms with van der Waals surface area (Å²) < 4.78 is 21.9. The Hall–Kier alpha value is -1.11. The molecule has 3 atom stereocenters. The van der Waals surface area contributed by atoms with Gasteiger partial charge in [0.25, 0.3) is 0 Å². The summed E-state index contributed by atoms with van der Waals surface area (Å²) in [7, 11) is -3.12. The van der Waals surface area contributed by atoms with E-state index in [2.05, 4.69) is 5.32 Å². The fourth-order valence-corrected chi connectivity index (χ4v) is 3.00. The highest BCUT2D eigenvalue weighted by Crippen LogP contribution is 2.38. The number of hydrogen-bond acceptors (Lipinski definition) is 4. The Morgan fingerprint density at radius 3 is 2.32 bits per heavy atom. The van der Waals surface area contributed by atoms with Crippen molar-refractivity contribution in [2.24, 2.45) is 17.8 Å². The fourth-order valence-electron chi connectivity index (χ4n) is 2.53. The molecule has 0 aliphatic heterocycles. The van der Waals surface area contributed by atoms with Gasteiger partial charge in [-0.1, -0.05) is 13.3 Å². The first kappa shape index (κ1) is 15.9. The molecule has 1 rings (SSSR count). The van der Waals surface area contributed by atoms with Gasteiger partial charge in [0, 0.05) is 12.8 Å². The van der Waals surface area contributed by atoms with Crippen molar-refractivity contribution in [3.05, 3.63) is 0 Å². The van der Waals surface area contributed by atoms with E-state index in [-0.39, 0.29) is 24.1 Å². The predicted molar refractivity (Wildman–Crippen MR) is 70.4 cm³/mol. The molecule has 0 spiro atoms. The lowest BCUT2D eigenvalue weighted by atomic mass is 9.95. The number of carboxylic acids is 1. The highest BCUT2D eigenvalue weighted by molar-refractivity contribution is 7.90. The van der Waals surface area contributed by atoms with E-state index in [4.69, 9.17) is 5.11 Å². The Kier molecular flexibility index (Phi) is 5.34. The first-order chi connectivity index (χ1) is 8.74. The molecule has 1 fully saturated rings. The molecule has 0 bridgehead atoms. The van der Waals surface area contributed by atoms with Crippen LogP contribution in [-0.4, -0.2) is 44.0 Å². The Balaban J connectivity index is 2.57. The molecule has 7 heteroatoms. The summed E-state index contributed by atoms with van der Waals surface area (Å²) >= 11 is 0. The summed E-state index contributed by atoms with van der Waals surface area (Å²) in [6.07, 6.45) is 3.05. The second-order valence-electron chi connectivity index (χ2n) is 5.22. The van der Waals surface area contributed by atoms with Crippen LogP contribution in [0.25, 0.3) is 0 Å². The van der Waals surface area contributed by atoms with E-state index in [0.717, 1.165) is 12.7 Å². The lowest BCUT2D eigenvalue weighted by Crippen LogP contribution is -2.37. The van der Waals surface area contributed by atoms with Crippen molar-refractivity contribution >= 4 is 21.7 Å². The van der Waals surface area contributed by atoms with Crippen LogP contribution >= 0.6 is 0 Å². The normalized spacial score (nSPS) is 27.2. The molecule has 1 unspecified atom stereocenters. The van der Waals surface area contributed by atoms with Gasteiger partial charge >= 0.3 is 5.97 Å². The van der Waals surface area contributed by atoms with Crippen LogP contribution in [0.1, 0.15) is 26.2 Å². The Morgan fingerprint density at radius 2 is 1.84 bits per heavy atom. The minimum absolute atomic E-state index is 0.0390. The third-order valence-corrected chi connectivity index (χ3v) is 4.61. The molecule has 110 valence electrons. The standard InChI is InChI=1S/C12H21NO5S/c1-3-8-6-9(10(7-8)12(15)16)11(14)13-4-5-19(2,17)18/h8-10H,3-7H2,1-2H3,(H,13,14)(H,15,16)/t8?,9-,10+/m0/s1. The molecule has 1 saturated carbocycles. The average molecular weight is 291 g/mol. The monoisotopic (exact) mass is 291 g/mol. The van der Waals surface area contributed by atoms with Gasteiger partial charge in [0.05, 0.1) is 17.6 Å². The number of rotatable bonds is 6. The summed E-state index contributed by atoms with van der Waals surface area (Å²) in [5.41, 5.74) is 0. The molecular formula is C12H21NO5S. The number of aliphatic carboxylic acids is 1. The minimum Gasteiger partial charge on any atom is -0.481 e. The minimum atomic E-state index is -3.12. The van der Waals surface area contributed by atoms with Crippen LogP contribution in [-0.2, 0) is 19.4 Å². The van der Waals surface area contributed by atoms with E-state index in [1.807, 2.05) is 6.92 Å². The lowest BCUT2D eigenvalue weighted by Gasteiger charge is -2.15. The van der Waals surface area contributed by atoms with Crippen molar-refractivity contribution in [1.29, 1.82) is 0 Å². The first-order valence-electron chi connectivity index (χ1n) is 6.42. The topological polar surface area (TPSA) is 101 Å². The molecule has 0 aromatic heterocycles. The maximum absolute atomic E-state index is 11.9. The van der Waals surface area contributed by atoms with Crippen LogP contribution < -0.4 is 5.32 Å². The van der Waals surface area contributed by atoms with Gasteiger partial charge in [-0.15, -0.1) is 0 Å². The van der Waals surface area contributed by atoms with Crippen molar-refractivity contribution in [1.82, 2.24) is 5.32 Å². The maximum Gasteiger partial charge on any atom is 0.307 e. The van der Waals surface area contributed by atoms with Crippen molar-refractivity contribution in [3.8, 4) is 0 Å². The number of carbonyl (C=O) groups is 2. The zero-order valence-electron chi connectivity index (χ0n) is 11.3. The fraction of sp³-hybridized carbons (Fsp3) is 0.833. The highest BCUT2D eigenvalue weighted by Gasteiger charge is 2.41. The third-order valence-electron chi connectivity index (χ3n) is 3.66. The molecule has 1 amide bonds. The van der Waals surface area contributed by atoms with Crippen LogP contribution in [0.5, 0.6) is 0 Å². The quantitative estimate of drug-likeness (QED) is 0.732. The first-order valence-corrected chi connectivity index (χ1v) is 8.49. The molecule has 0 saturated heterocycles. The third kappa shape index (κ3) is 4.81. The van der Waals surface area contributed by atoms with Gasteiger partial charge < -0.3 is 10.4 Å². The van der Waals surface area contributed by atoms with Gasteiger partial charge in [-0.25, -0.2) is 8.42 Å². The Labute approximate surface area is 113 Å². The summed E-state index contributed by atoms with van der Waals surface area (Å²) in [5.74, 6) is -2.34. The number of carbonyl (C=O) groups excluding carboxylic acids is 1. The molecule has 1 aliphatic carbocycles. The van der Waals surface area contributed by atoms with Crippen molar-refractivity contribution in [2.45, 2.75) is 26.2 Å². The lowest BCUT2D eigenvalue weighted by molar-refractivity contribution is -0.146. The molecule has 6 nitrogen and oxygen atoms in total. The van der Waals surface area contributed by atoms with Crippen LogP contribution in [0, 0.1) is 17.8 Å². The smallest absolute Gasteiger partial charge is 0.307 e. The van der Waals surface area contributed by atoms with Crippen molar-refractivity contribution < 1.29 is 23.1 Å². The molecule has 0 heterocycles. The molecule has 0 aromatic rings. The number of carboxylic acid groups (broad SMARTS) is 1. The summed E-state index contributed by atoms with van der Waals surface area (Å²) in [4.78, 5) is 23.1. The van der Waals surface area contributed by atoms with Gasteiger partial charge in [0.2, 0.25) is 5.91 Å². The second kappa shape index (κ2) is 6.36. The van der Waals surface area contributed by atoms with E-state index in [1.165, 1.54) is 0 Å². The van der Waals surface area contributed by atoms with Gasteiger partial charge in [-0.3, -0.25) is 9.59 Å². The van der Waals surface area contributed by atoms with Gasteiger partial charge in [0.1, 0.15) is 9.84 Å². The summed E-state index contributed by atoms with van der Waals surface area (Å²) in [5, 5.41) is 11.7. The van der Waals surface area contributed by atoms with E-state index < -0.39 is 27.6 Å².